The van der Waals surface area contributed by atoms with Gasteiger partial charge in [-0.1, -0.05) is 164 Å². The molecule has 1 aromatic heterocycles. The van der Waals surface area contributed by atoms with Gasteiger partial charge in [0, 0.05) is 61.9 Å². The normalized spacial score (nSPS) is 14.3. The van der Waals surface area contributed by atoms with Crippen molar-refractivity contribution in [3.63, 3.8) is 0 Å². The summed E-state index contributed by atoms with van der Waals surface area (Å²) in [5, 5.41) is 12.0. The molecule has 14 rings (SSSR count). The van der Waals surface area contributed by atoms with Crippen LogP contribution in [-0.4, -0.2) is 6.10 Å². The summed E-state index contributed by atoms with van der Waals surface area (Å²) in [5.41, 5.74) is 13.1. The Morgan fingerprint density at radius 2 is 0.882 bits per heavy atom. The maximum absolute atomic E-state index is 6.44. The van der Waals surface area contributed by atoms with Crippen LogP contribution in [0.3, 0.4) is 0 Å². The van der Waals surface area contributed by atoms with E-state index in [-0.39, 0.29) is 6.10 Å². The number of ether oxygens (including phenoxy) is 1. The van der Waals surface area contributed by atoms with Gasteiger partial charge in [-0.15, -0.1) is 0 Å². The van der Waals surface area contributed by atoms with E-state index in [1.165, 1.54) is 54.2 Å². The average molecular weight is 871 g/mol. The second-order valence-electron chi connectivity index (χ2n) is 17.9. The predicted octanol–water partition coefficient (Wildman–Crippen LogP) is 17.6. The number of furan rings is 1. The van der Waals surface area contributed by atoms with E-state index in [1.54, 1.807) is 0 Å². The van der Waals surface area contributed by atoms with E-state index in [4.69, 9.17) is 9.15 Å². The fourth-order valence-corrected chi connectivity index (χ4v) is 10.9. The summed E-state index contributed by atoms with van der Waals surface area (Å²) in [6.07, 6.45) is 5.49. The van der Waals surface area contributed by atoms with Crippen LogP contribution >= 0.6 is 0 Å². The molecule has 0 saturated heterocycles. The van der Waals surface area contributed by atoms with E-state index in [0.29, 0.717) is 0 Å². The van der Waals surface area contributed by atoms with Gasteiger partial charge in [0.05, 0.1) is 11.4 Å². The molecule has 4 heteroatoms. The van der Waals surface area contributed by atoms with Gasteiger partial charge in [0.2, 0.25) is 0 Å². The van der Waals surface area contributed by atoms with Crippen molar-refractivity contribution in [1.29, 1.82) is 0 Å². The lowest BCUT2D eigenvalue weighted by molar-refractivity contribution is 0.278. The van der Waals surface area contributed by atoms with Crippen molar-refractivity contribution < 1.29 is 9.15 Å². The number of benzene rings is 11. The number of hydrogen-bond donors (Lipinski definition) is 0. The van der Waals surface area contributed by atoms with Crippen molar-refractivity contribution in [3.05, 3.63) is 248 Å². The summed E-state index contributed by atoms with van der Waals surface area (Å²) in [5.74, 6) is 0.956. The fourth-order valence-electron chi connectivity index (χ4n) is 10.9. The molecule has 2 heterocycles. The van der Waals surface area contributed by atoms with Gasteiger partial charge in [0.15, 0.2) is 0 Å². The summed E-state index contributed by atoms with van der Waals surface area (Å²) >= 11 is 0. The first-order valence-electron chi connectivity index (χ1n) is 23.4. The fraction of sp³-hybridized carbons (Fsp3) is 0.0312. The third-order valence-corrected chi connectivity index (χ3v) is 14.1. The van der Waals surface area contributed by atoms with Gasteiger partial charge < -0.3 is 19.0 Å². The maximum Gasteiger partial charge on any atom is 0.135 e. The minimum absolute atomic E-state index is 0.0148. The summed E-state index contributed by atoms with van der Waals surface area (Å²) in [7, 11) is 0. The molecule has 0 bridgehead atoms. The van der Waals surface area contributed by atoms with Crippen LogP contribution < -0.4 is 14.5 Å². The van der Waals surface area contributed by atoms with Gasteiger partial charge in [-0.05, 0) is 116 Å². The first-order chi connectivity index (χ1) is 33.7. The van der Waals surface area contributed by atoms with Crippen molar-refractivity contribution in [2.45, 2.75) is 12.5 Å². The van der Waals surface area contributed by atoms with Crippen LogP contribution in [0.5, 0.6) is 5.75 Å². The van der Waals surface area contributed by atoms with E-state index >= 15 is 0 Å². The minimum atomic E-state index is 0.0148. The van der Waals surface area contributed by atoms with Gasteiger partial charge in [-0.2, -0.15) is 0 Å². The highest BCUT2D eigenvalue weighted by Crippen LogP contribution is 2.47. The first-order valence-corrected chi connectivity index (χ1v) is 23.4. The topological polar surface area (TPSA) is 28.9 Å². The SMILES string of the molecule is C1=C2c3ccccc3OC2CC=C1N(c1ccc(-c2ccc(N(c3ccc4oc5ccccc5c4c3)c3cc4ccccc4c4ccccc34)cc2)cc1)c1cc2ccccc2c2ccccc12. The summed E-state index contributed by atoms with van der Waals surface area (Å²) < 4.78 is 12.7. The van der Waals surface area contributed by atoms with E-state index in [1.807, 2.05) is 12.1 Å². The molecule has 0 radical (unpaired) electrons. The number of fused-ring (bicyclic) bond motifs is 12. The van der Waals surface area contributed by atoms with Gasteiger partial charge in [0.1, 0.15) is 23.0 Å². The van der Waals surface area contributed by atoms with Crippen molar-refractivity contribution in [1.82, 2.24) is 0 Å². The summed E-state index contributed by atoms with van der Waals surface area (Å²) in [6.45, 7) is 0. The van der Waals surface area contributed by atoms with Crippen LogP contribution in [0.4, 0.5) is 28.4 Å². The highest BCUT2D eigenvalue weighted by molar-refractivity contribution is 6.16. The van der Waals surface area contributed by atoms with Gasteiger partial charge in [0.25, 0.3) is 0 Å². The highest BCUT2D eigenvalue weighted by Gasteiger charge is 2.32. The van der Waals surface area contributed by atoms with Crippen LogP contribution in [0.2, 0.25) is 0 Å². The molecule has 0 N–H and O–H groups in total. The smallest absolute Gasteiger partial charge is 0.135 e. The number of allylic oxidation sites excluding steroid dienone is 1. The van der Waals surface area contributed by atoms with Crippen LogP contribution in [0, 0.1) is 0 Å². The molecule has 1 aliphatic heterocycles. The maximum atomic E-state index is 6.44. The largest absolute Gasteiger partial charge is 0.485 e. The molecule has 0 fully saturated rings. The lowest BCUT2D eigenvalue weighted by atomic mass is 9.93. The van der Waals surface area contributed by atoms with E-state index in [9.17, 15) is 0 Å². The van der Waals surface area contributed by atoms with Crippen molar-refractivity contribution in [3.8, 4) is 16.9 Å². The zero-order valence-corrected chi connectivity index (χ0v) is 37.0. The average Bonchev–Trinajstić information content (AvgIpc) is 3.97. The molecule has 1 atom stereocenters. The Balaban J connectivity index is 0.884. The lowest BCUT2D eigenvalue weighted by Gasteiger charge is -2.31. The third kappa shape index (κ3) is 6.15. The first kappa shape index (κ1) is 38.4. The molecule has 0 amide bonds. The molecule has 1 unspecified atom stereocenters. The Morgan fingerprint density at radius 3 is 1.54 bits per heavy atom. The second-order valence-corrected chi connectivity index (χ2v) is 17.9. The van der Waals surface area contributed by atoms with Crippen molar-refractivity contribution >= 4 is 99.0 Å². The number of anilines is 5. The number of nitrogens with zero attached hydrogens (tertiary/aromatic N) is 2. The van der Waals surface area contributed by atoms with Gasteiger partial charge in [-0.3, -0.25) is 0 Å². The second kappa shape index (κ2) is 15.4. The van der Waals surface area contributed by atoms with E-state index < -0.39 is 0 Å². The molecule has 1 aliphatic carbocycles. The van der Waals surface area contributed by atoms with Crippen molar-refractivity contribution in [2.75, 3.05) is 9.80 Å². The van der Waals surface area contributed by atoms with E-state index in [2.05, 4.69) is 234 Å². The molecular formula is C64H42N2O2. The molecule has 68 heavy (non-hydrogen) atoms. The minimum Gasteiger partial charge on any atom is -0.485 e. The molecule has 320 valence electrons. The lowest BCUT2D eigenvalue weighted by Crippen LogP contribution is -2.21. The van der Waals surface area contributed by atoms with Crippen LogP contribution in [-0.2, 0) is 0 Å². The zero-order valence-electron chi connectivity index (χ0n) is 37.0. The van der Waals surface area contributed by atoms with Gasteiger partial charge in [-0.25, -0.2) is 0 Å². The quantitative estimate of drug-likeness (QED) is 0.149. The molecule has 0 spiro atoms. The predicted molar refractivity (Wildman–Crippen MR) is 284 cm³/mol. The standard InChI is InChI=1S/C64H42N2O2/c1-3-15-49-43(13-1)37-59(53-19-7-5-17-51(49)53)65(47-33-35-63-57(39-47)55-21-9-11-23-61(55)67-63)45-29-25-41(26-30-45)42-27-31-46(32-28-42)66(48-34-36-64-58(40-48)56-22-10-12-24-62(56)68-64)60-38-44-14-2-4-16-50(44)52-18-6-8-20-54(52)60/h1-35,37-40,64H,36H2. The summed E-state index contributed by atoms with van der Waals surface area (Å²) in [4.78, 5) is 4.84. The molecule has 0 saturated carbocycles. The molecule has 2 aliphatic rings. The summed E-state index contributed by atoms with van der Waals surface area (Å²) in [6, 6.07) is 81.1. The van der Waals surface area contributed by atoms with Crippen LogP contribution in [0.25, 0.3) is 81.7 Å². The number of para-hydroxylation sites is 2. The Kier molecular flexibility index (Phi) is 8.68. The molecular weight excluding hydrogens is 829 g/mol. The number of hydrogen-bond acceptors (Lipinski definition) is 4. The van der Waals surface area contributed by atoms with Crippen LogP contribution in [0.1, 0.15) is 12.0 Å². The van der Waals surface area contributed by atoms with E-state index in [0.717, 1.165) is 79.4 Å². The molecule has 4 nitrogen and oxygen atoms in total. The molecule has 11 aromatic carbocycles. The Morgan fingerprint density at radius 1 is 0.382 bits per heavy atom. The third-order valence-electron chi connectivity index (χ3n) is 14.1. The monoisotopic (exact) mass is 870 g/mol. The Hall–Kier alpha value is -8.86. The zero-order chi connectivity index (χ0) is 44.7. The van der Waals surface area contributed by atoms with Gasteiger partial charge >= 0.3 is 0 Å². The molecule has 12 aromatic rings. The van der Waals surface area contributed by atoms with Crippen molar-refractivity contribution in [2.24, 2.45) is 0 Å². The van der Waals surface area contributed by atoms with Crippen LogP contribution in [0.15, 0.2) is 247 Å². The Bertz CT molecular complexity index is 4050. The number of rotatable bonds is 7. The Labute approximate surface area is 393 Å². The highest BCUT2D eigenvalue weighted by atomic mass is 16.5.